The standard InChI is InChI=1S/C46H28/c1-3-16-34-29(10-1)12-8-20-36(34)43-28-42(38-26-24-33-23-22-31-14-7-15-32-25-27-41(38)45(33)44(31)32)37-18-5-6-19-40(37)46(43)39-21-9-13-30-11-2-4-17-35(30)39/h1-28H. The summed E-state index contributed by atoms with van der Waals surface area (Å²) < 4.78 is 0. The molecule has 0 nitrogen and oxygen atoms in total. The fraction of sp³-hybridized carbons (Fsp3) is 0. The van der Waals surface area contributed by atoms with Gasteiger partial charge in [-0.25, -0.2) is 0 Å². The number of fused-ring (bicyclic) bond motifs is 3. The van der Waals surface area contributed by atoms with Crippen molar-refractivity contribution in [3.63, 3.8) is 0 Å². The molecule has 10 aromatic rings. The summed E-state index contributed by atoms with van der Waals surface area (Å²) in [7, 11) is 0. The molecule has 0 heterocycles. The Kier molecular flexibility index (Phi) is 5.38. The zero-order valence-corrected chi connectivity index (χ0v) is 25.2. The lowest BCUT2D eigenvalue weighted by Crippen LogP contribution is -1.94. The van der Waals surface area contributed by atoms with Crippen molar-refractivity contribution in [3.05, 3.63) is 170 Å². The summed E-state index contributed by atoms with van der Waals surface area (Å²) >= 11 is 0. The summed E-state index contributed by atoms with van der Waals surface area (Å²) in [4.78, 5) is 0. The van der Waals surface area contributed by atoms with Crippen LogP contribution in [0, 0.1) is 0 Å². The molecule has 0 aliphatic rings. The molecule has 0 unspecified atom stereocenters. The Morgan fingerprint density at radius 3 is 1.43 bits per heavy atom. The zero-order valence-electron chi connectivity index (χ0n) is 25.2. The lowest BCUT2D eigenvalue weighted by molar-refractivity contribution is 1.64. The van der Waals surface area contributed by atoms with Crippen LogP contribution in [0.4, 0.5) is 0 Å². The van der Waals surface area contributed by atoms with Crippen LogP contribution in [0.2, 0.25) is 0 Å². The van der Waals surface area contributed by atoms with E-state index in [1.165, 1.54) is 98.0 Å². The molecule has 0 aromatic heterocycles. The molecule has 0 N–H and O–H groups in total. The highest BCUT2D eigenvalue weighted by molar-refractivity contribution is 6.27. The molecular formula is C46H28. The lowest BCUT2D eigenvalue weighted by atomic mass is 9.82. The SMILES string of the molecule is c1ccc2c(-c3cc(-c4ccc5ccc6cccc7ccc4c5c67)c4ccccc4c3-c3cccc4ccccc34)cccc2c1. The minimum Gasteiger partial charge on any atom is -0.0616 e. The van der Waals surface area contributed by atoms with Crippen LogP contribution < -0.4 is 0 Å². The van der Waals surface area contributed by atoms with E-state index < -0.39 is 0 Å². The molecule has 0 saturated carbocycles. The summed E-state index contributed by atoms with van der Waals surface area (Å²) in [6, 6.07) is 63.0. The molecule has 0 atom stereocenters. The van der Waals surface area contributed by atoms with Gasteiger partial charge in [-0.05, 0) is 104 Å². The molecule has 0 heteroatoms. The first-order valence-corrected chi connectivity index (χ1v) is 16.0. The molecule has 10 aromatic carbocycles. The Bertz CT molecular complexity index is 2770. The third-order valence-electron chi connectivity index (χ3n) is 10.0. The van der Waals surface area contributed by atoms with Crippen molar-refractivity contribution in [2.24, 2.45) is 0 Å². The first kappa shape index (κ1) is 25.4. The van der Waals surface area contributed by atoms with E-state index in [0.29, 0.717) is 0 Å². The third kappa shape index (κ3) is 3.62. The van der Waals surface area contributed by atoms with E-state index in [2.05, 4.69) is 170 Å². The summed E-state index contributed by atoms with van der Waals surface area (Å²) in [5.41, 5.74) is 7.59. The Morgan fingerprint density at radius 1 is 0.217 bits per heavy atom. The van der Waals surface area contributed by atoms with Crippen LogP contribution >= 0.6 is 0 Å². The molecule has 46 heavy (non-hydrogen) atoms. The van der Waals surface area contributed by atoms with Crippen molar-refractivity contribution in [1.29, 1.82) is 0 Å². The van der Waals surface area contributed by atoms with E-state index in [9.17, 15) is 0 Å². The van der Waals surface area contributed by atoms with Crippen molar-refractivity contribution in [1.82, 2.24) is 0 Å². The van der Waals surface area contributed by atoms with Crippen LogP contribution in [0.1, 0.15) is 0 Å². The molecule has 0 spiro atoms. The van der Waals surface area contributed by atoms with E-state index in [-0.39, 0.29) is 0 Å². The molecule has 0 radical (unpaired) electrons. The highest BCUT2D eigenvalue weighted by atomic mass is 14.2. The highest BCUT2D eigenvalue weighted by Crippen LogP contribution is 2.48. The predicted octanol–water partition coefficient (Wildman–Crippen LogP) is 13.0. The maximum atomic E-state index is 2.48. The maximum absolute atomic E-state index is 2.48. The van der Waals surface area contributed by atoms with Crippen LogP contribution in [-0.4, -0.2) is 0 Å². The van der Waals surface area contributed by atoms with Gasteiger partial charge >= 0.3 is 0 Å². The number of rotatable bonds is 3. The van der Waals surface area contributed by atoms with Crippen molar-refractivity contribution in [2.75, 3.05) is 0 Å². The monoisotopic (exact) mass is 580 g/mol. The summed E-state index contributed by atoms with van der Waals surface area (Å²) in [6.45, 7) is 0. The van der Waals surface area contributed by atoms with Gasteiger partial charge in [-0.2, -0.15) is 0 Å². The Balaban J connectivity index is 1.39. The van der Waals surface area contributed by atoms with Crippen molar-refractivity contribution < 1.29 is 0 Å². The zero-order chi connectivity index (χ0) is 30.2. The van der Waals surface area contributed by atoms with Crippen molar-refractivity contribution >= 4 is 64.6 Å². The third-order valence-corrected chi connectivity index (χ3v) is 10.0. The molecule has 0 bridgehead atoms. The Morgan fingerprint density at radius 2 is 0.696 bits per heavy atom. The Labute approximate surface area is 267 Å². The number of hydrogen-bond donors (Lipinski definition) is 0. The largest absolute Gasteiger partial charge is 0.0616 e. The second-order valence-electron chi connectivity index (χ2n) is 12.4. The second kappa shape index (κ2) is 9.76. The van der Waals surface area contributed by atoms with Gasteiger partial charge in [-0.15, -0.1) is 0 Å². The summed E-state index contributed by atoms with van der Waals surface area (Å²) in [5.74, 6) is 0. The second-order valence-corrected chi connectivity index (χ2v) is 12.4. The van der Waals surface area contributed by atoms with Gasteiger partial charge in [0.25, 0.3) is 0 Å². The molecular weight excluding hydrogens is 553 g/mol. The van der Waals surface area contributed by atoms with Gasteiger partial charge in [0.2, 0.25) is 0 Å². The van der Waals surface area contributed by atoms with E-state index in [4.69, 9.17) is 0 Å². The van der Waals surface area contributed by atoms with Gasteiger partial charge in [0.05, 0.1) is 0 Å². The average Bonchev–Trinajstić information content (AvgIpc) is 3.13. The number of benzene rings is 10. The van der Waals surface area contributed by atoms with Gasteiger partial charge in [0, 0.05) is 0 Å². The van der Waals surface area contributed by atoms with Gasteiger partial charge in [0.1, 0.15) is 0 Å². The fourth-order valence-electron chi connectivity index (χ4n) is 7.97. The minimum absolute atomic E-state index is 1.25. The molecule has 10 rings (SSSR count). The van der Waals surface area contributed by atoms with Crippen LogP contribution in [0.5, 0.6) is 0 Å². The smallest absolute Gasteiger partial charge is 0.00199 e. The van der Waals surface area contributed by atoms with Gasteiger partial charge in [-0.3, -0.25) is 0 Å². The van der Waals surface area contributed by atoms with Crippen LogP contribution in [0.25, 0.3) is 98.0 Å². The molecule has 0 aliphatic heterocycles. The van der Waals surface area contributed by atoms with Crippen LogP contribution in [0.3, 0.4) is 0 Å². The quantitative estimate of drug-likeness (QED) is 0.182. The van der Waals surface area contributed by atoms with Gasteiger partial charge in [0.15, 0.2) is 0 Å². The predicted molar refractivity (Wildman–Crippen MR) is 199 cm³/mol. The van der Waals surface area contributed by atoms with E-state index in [1.54, 1.807) is 0 Å². The highest BCUT2D eigenvalue weighted by Gasteiger charge is 2.21. The van der Waals surface area contributed by atoms with Crippen LogP contribution in [-0.2, 0) is 0 Å². The number of hydrogen-bond acceptors (Lipinski definition) is 0. The molecule has 0 fully saturated rings. The summed E-state index contributed by atoms with van der Waals surface area (Å²) in [5, 5.41) is 15.4. The molecule has 0 saturated heterocycles. The van der Waals surface area contributed by atoms with Crippen molar-refractivity contribution in [3.8, 4) is 33.4 Å². The Hall–Kier alpha value is -5.98. The lowest BCUT2D eigenvalue weighted by Gasteiger charge is -2.21. The molecule has 0 aliphatic carbocycles. The van der Waals surface area contributed by atoms with E-state index in [0.717, 1.165) is 0 Å². The van der Waals surface area contributed by atoms with Crippen LogP contribution in [0.15, 0.2) is 170 Å². The van der Waals surface area contributed by atoms with E-state index in [1.807, 2.05) is 0 Å². The molecule has 0 amide bonds. The summed E-state index contributed by atoms with van der Waals surface area (Å²) in [6.07, 6.45) is 0. The maximum Gasteiger partial charge on any atom is -0.00199 e. The van der Waals surface area contributed by atoms with E-state index >= 15 is 0 Å². The van der Waals surface area contributed by atoms with Crippen molar-refractivity contribution in [2.45, 2.75) is 0 Å². The van der Waals surface area contributed by atoms with Gasteiger partial charge < -0.3 is 0 Å². The molecule has 212 valence electrons. The minimum atomic E-state index is 1.25. The first-order valence-electron chi connectivity index (χ1n) is 16.0. The topological polar surface area (TPSA) is 0 Å². The fourth-order valence-corrected chi connectivity index (χ4v) is 7.97. The first-order chi connectivity index (χ1) is 22.8. The average molecular weight is 581 g/mol. The van der Waals surface area contributed by atoms with Gasteiger partial charge in [-0.1, -0.05) is 164 Å². The normalized spacial score (nSPS) is 11.9.